The van der Waals surface area contributed by atoms with Crippen molar-refractivity contribution in [2.24, 2.45) is 0 Å². The van der Waals surface area contributed by atoms with Crippen LogP contribution < -0.4 is 0 Å². The van der Waals surface area contributed by atoms with Gasteiger partial charge in [0.25, 0.3) is 0 Å². The molecule has 2 rings (SSSR count). The summed E-state index contributed by atoms with van der Waals surface area (Å²) in [6.45, 7) is 5.67. The van der Waals surface area contributed by atoms with Gasteiger partial charge in [0, 0.05) is 11.6 Å². The molecule has 3 N–H and O–H groups in total. The van der Waals surface area contributed by atoms with Gasteiger partial charge in [-0.25, -0.2) is 0 Å². The normalized spacial score (nSPS) is 11.3. The van der Waals surface area contributed by atoms with Crippen LogP contribution in [-0.4, -0.2) is 15.3 Å². The summed E-state index contributed by atoms with van der Waals surface area (Å²) in [6, 6.07) is 9.63. The Bertz CT molecular complexity index is 735. The summed E-state index contributed by atoms with van der Waals surface area (Å²) >= 11 is 0. The van der Waals surface area contributed by atoms with Crippen molar-refractivity contribution in [3.63, 3.8) is 0 Å². The van der Waals surface area contributed by atoms with E-state index in [1.807, 2.05) is 25.1 Å². The zero-order valence-corrected chi connectivity index (χ0v) is 12.3. The maximum absolute atomic E-state index is 9.83. The van der Waals surface area contributed by atoms with Gasteiger partial charge in [-0.15, -0.1) is 0 Å². The van der Waals surface area contributed by atoms with Crippen LogP contribution >= 0.6 is 0 Å². The fourth-order valence-electron chi connectivity index (χ4n) is 1.95. The number of hydrogen-bond donors (Lipinski definition) is 3. The SMILES string of the molecule is C=C(C)/C=C\c1cc(/C=C\c2cc(O)cc(O)c2)ccc1O. The van der Waals surface area contributed by atoms with Crippen molar-refractivity contribution in [2.45, 2.75) is 6.92 Å². The maximum atomic E-state index is 9.83. The number of phenolic OH excluding ortho intramolecular Hbond substituents is 3. The summed E-state index contributed by atoms with van der Waals surface area (Å²) in [4.78, 5) is 0. The molecule has 0 aliphatic carbocycles. The Morgan fingerprint density at radius 3 is 2.14 bits per heavy atom. The first kappa shape index (κ1) is 15.4. The highest BCUT2D eigenvalue weighted by molar-refractivity contribution is 5.73. The number of aromatic hydroxyl groups is 3. The van der Waals surface area contributed by atoms with Crippen molar-refractivity contribution in [3.8, 4) is 17.2 Å². The number of benzene rings is 2. The molecular weight excluding hydrogens is 276 g/mol. The monoisotopic (exact) mass is 294 g/mol. The van der Waals surface area contributed by atoms with Crippen LogP contribution in [0.2, 0.25) is 0 Å². The third-order valence-electron chi connectivity index (χ3n) is 2.99. The number of rotatable bonds is 4. The number of phenols is 3. The van der Waals surface area contributed by atoms with Gasteiger partial charge in [-0.2, -0.15) is 0 Å². The largest absolute Gasteiger partial charge is 0.508 e. The zero-order valence-electron chi connectivity index (χ0n) is 12.3. The summed E-state index contributed by atoms with van der Waals surface area (Å²) in [5.41, 5.74) is 3.17. The second-order valence-electron chi connectivity index (χ2n) is 5.11. The molecule has 22 heavy (non-hydrogen) atoms. The van der Waals surface area contributed by atoms with Crippen molar-refractivity contribution in [3.05, 3.63) is 71.3 Å². The molecule has 0 aliphatic heterocycles. The van der Waals surface area contributed by atoms with Crippen LogP contribution in [0.15, 0.2) is 54.6 Å². The Labute approximate surface area is 129 Å². The van der Waals surface area contributed by atoms with Gasteiger partial charge in [0.1, 0.15) is 17.2 Å². The molecule has 0 radical (unpaired) electrons. The highest BCUT2D eigenvalue weighted by Gasteiger charge is 1.99. The standard InChI is InChI=1S/C19H18O3/c1-13(2)3-7-16-9-14(6-8-19(16)22)4-5-15-10-17(20)12-18(21)11-15/h3-12,20-22H,1H2,2H3/b5-4-,7-3-. The fraction of sp³-hybridized carbons (Fsp3) is 0.0526. The van der Waals surface area contributed by atoms with Gasteiger partial charge in [0.05, 0.1) is 0 Å². The fourth-order valence-corrected chi connectivity index (χ4v) is 1.95. The van der Waals surface area contributed by atoms with E-state index in [0.717, 1.165) is 11.1 Å². The first-order valence-electron chi connectivity index (χ1n) is 6.82. The number of hydrogen-bond acceptors (Lipinski definition) is 3. The molecule has 3 heteroatoms. The molecule has 0 amide bonds. The van der Waals surface area contributed by atoms with Crippen LogP contribution in [0.1, 0.15) is 23.6 Å². The van der Waals surface area contributed by atoms with E-state index in [4.69, 9.17) is 0 Å². The minimum absolute atomic E-state index is 0.00966. The van der Waals surface area contributed by atoms with Crippen molar-refractivity contribution >= 4 is 18.2 Å². The zero-order chi connectivity index (χ0) is 16.1. The topological polar surface area (TPSA) is 60.7 Å². The van der Waals surface area contributed by atoms with Crippen LogP contribution in [0, 0.1) is 0 Å². The molecule has 0 fully saturated rings. The molecule has 0 saturated heterocycles. The Morgan fingerprint density at radius 1 is 0.864 bits per heavy atom. The average molecular weight is 294 g/mol. The quantitative estimate of drug-likeness (QED) is 0.572. The van der Waals surface area contributed by atoms with E-state index in [-0.39, 0.29) is 17.2 Å². The minimum Gasteiger partial charge on any atom is -0.508 e. The van der Waals surface area contributed by atoms with Gasteiger partial charge in [-0.1, -0.05) is 42.5 Å². The Kier molecular flexibility index (Phi) is 4.69. The van der Waals surface area contributed by atoms with Crippen LogP contribution in [0.25, 0.3) is 18.2 Å². The molecule has 0 bridgehead atoms. The molecule has 2 aromatic carbocycles. The Balaban J connectivity index is 2.27. The highest BCUT2D eigenvalue weighted by Crippen LogP contribution is 2.24. The molecule has 0 unspecified atom stereocenters. The highest BCUT2D eigenvalue weighted by atomic mass is 16.3. The summed E-state index contributed by atoms with van der Waals surface area (Å²) in [7, 11) is 0. The van der Waals surface area contributed by atoms with Crippen molar-refractivity contribution in [1.82, 2.24) is 0 Å². The van der Waals surface area contributed by atoms with Gasteiger partial charge in [0.15, 0.2) is 0 Å². The van der Waals surface area contributed by atoms with E-state index in [9.17, 15) is 15.3 Å². The smallest absolute Gasteiger partial charge is 0.122 e. The van der Waals surface area contributed by atoms with E-state index in [2.05, 4.69) is 6.58 Å². The van der Waals surface area contributed by atoms with E-state index < -0.39 is 0 Å². The molecule has 0 aliphatic rings. The van der Waals surface area contributed by atoms with E-state index in [1.165, 1.54) is 6.07 Å². The summed E-state index contributed by atoms with van der Waals surface area (Å²) in [6.07, 6.45) is 7.24. The predicted octanol–water partition coefficient (Wildman–Crippen LogP) is 4.56. The molecule has 2 aromatic rings. The Morgan fingerprint density at radius 2 is 1.50 bits per heavy atom. The maximum Gasteiger partial charge on any atom is 0.122 e. The van der Waals surface area contributed by atoms with Crippen molar-refractivity contribution in [2.75, 3.05) is 0 Å². The minimum atomic E-state index is 0.00966. The van der Waals surface area contributed by atoms with Gasteiger partial charge in [0.2, 0.25) is 0 Å². The predicted molar refractivity (Wildman–Crippen MR) is 90.7 cm³/mol. The van der Waals surface area contributed by atoms with E-state index in [0.29, 0.717) is 11.1 Å². The molecule has 0 saturated carbocycles. The summed E-state index contributed by atoms with van der Waals surface area (Å²) < 4.78 is 0. The molecule has 0 atom stereocenters. The first-order valence-corrected chi connectivity index (χ1v) is 6.82. The van der Waals surface area contributed by atoms with Crippen molar-refractivity contribution in [1.29, 1.82) is 0 Å². The third-order valence-corrected chi connectivity index (χ3v) is 2.99. The summed E-state index contributed by atoms with van der Waals surface area (Å²) in [5.74, 6) is 0.218. The van der Waals surface area contributed by atoms with Crippen molar-refractivity contribution < 1.29 is 15.3 Å². The molecule has 3 nitrogen and oxygen atoms in total. The lowest BCUT2D eigenvalue weighted by Crippen LogP contribution is -1.79. The Hall–Kier alpha value is -2.94. The van der Waals surface area contributed by atoms with Gasteiger partial charge in [-0.3, -0.25) is 0 Å². The molecule has 0 aromatic heterocycles. The van der Waals surface area contributed by atoms with Crippen LogP contribution in [-0.2, 0) is 0 Å². The lowest BCUT2D eigenvalue weighted by Gasteiger charge is -2.02. The molecule has 0 spiro atoms. The first-order chi connectivity index (χ1) is 10.4. The van der Waals surface area contributed by atoms with Gasteiger partial charge >= 0.3 is 0 Å². The second-order valence-corrected chi connectivity index (χ2v) is 5.11. The van der Waals surface area contributed by atoms with E-state index >= 15 is 0 Å². The van der Waals surface area contributed by atoms with Crippen LogP contribution in [0.5, 0.6) is 17.2 Å². The van der Waals surface area contributed by atoms with Gasteiger partial charge in [-0.05, 0) is 42.3 Å². The van der Waals surface area contributed by atoms with Crippen LogP contribution in [0.4, 0.5) is 0 Å². The lowest BCUT2D eigenvalue weighted by atomic mass is 10.1. The molecular formula is C19H18O3. The molecule has 0 heterocycles. The lowest BCUT2D eigenvalue weighted by molar-refractivity contribution is 0.450. The molecule has 112 valence electrons. The second kappa shape index (κ2) is 6.68. The van der Waals surface area contributed by atoms with E-state index in [1.54, 1.807) is 36.4 Å². The summed E-state index contributed by atoms with van der Waals surface area (Å²) in [5, 5.41) is 28.7. The van der Waals surface area contributed by atoms with Gasteiger partial charge < -0.3 is 15.3 Å². The average Bonchev–Trinajstić information content (AvgIpc) is 2.44. The third kappa shape index (κ3) is 4.28. The number of allylic oxidation sites excluding steroid dienone is 2. The van der Waals surface area contributed by atoms with Crippen LogP contribution in [0.3, 0.4) is 0 Å².